The van der Waals surface area contributed by atoms with E-state index in [1.807, 2.05) is 33.4 Å². The van der Waals surface area contributed by atoms with Gasteiger partial charge >= 0.3 is 0 Å². The van der Waals surface area contributed by atoms with E-state index >= 15 is 0 Å². The van der Waals surface area contributed by atoms with Crippen LogP contribution in [0.4, 0.5) is 0 Å². The molecule has 0 saturated heterocycles. The molecule has 0 aromatic carbocycles. The number of rotatable bonds is 4. The standard InChI is InChI=1S/C9H15N3S/c1-7-12-6-9(13-7)8(11-3)4-5-10-2/h4-6,8,10-11H,1-3H3/b5-4-. The molecule has 1 heterocycles. The lowest BCUT2D eigenvalue weighted by Crippen LogP contribution is -2.13. The first-order valence-corrected chi connectivity index (χ1v) is 5.03. The predicted octanol–water partition coefficient (Wildman–Crippen LogP) is 1.45. The van der Waals surface area contributed by atoms with E-state index in [1.165, 1.54) is 4.88 Å². The van der Waals surface area contributed by atoms with Gasteiger partial charge in [-0.1, -0.05) is 0 Å². The normalized spacial score (nSPS) is 13.5. The molecule has 1 aromatic heterocycles. The number of aryl methyl sites for hydroxylation is 1. The Bertz CT molecular complexity index is 280. The molecular weight excluding hydrogens is 182 g/mol. The third-order valence-electron chi connectivity index (χ3n) is 1.71. The second kappa shape index (κ2) is 4.99. The minimum Gasteiger partial charge on any atom is -0.394 e. The number of hydrogen-bond donors (Lipinski definition) is 2. The Labute approximate surface area is 82.9 Å². The number of likely N-dealkylation sites (N-methyl/N-ethyl adjacent to an activating group) is 1. The second-order valence-electron chi connectivity index (χ2n) is 2.70. The first kappa shape index (κ1) is 10.2. The fourth-order valence-electron chi connectivity index (χ4n) is 1.05. The maximum Gasteiger partial charge on any atom is 0.0897 e. The van der Waals surface area contributed by atoms with Crippen LogP contribution in [0.5, 0.6) is 0 Å². The average molecular weight is 197 g/mol. The third-order valence-corrected chi connectivity index (χ3v) is 2.71. The highest BCUT2D eigenvalue weighted by Gasteiger charge is 2.07. The molecule has 0 aliphatic carbocycles. The Morgan fingerprint density at radius 3 is 2.77 bits per heavy atom. The summed E-state index contributed by atoms with van der Waals surface area (Å²) in [6.07, 6.45) is 5.92. The molecule has 0 amide bonds. The highest BCUT2D eigenvalue weighted by Crippen LogP contribution is 2.20. The third kappa shape index (κ3) is 2.82. The van der Waals surface area contributed by atoms with Crippen molar-refractivity contribution in [2.75, 3.05) is 14.1 Å². The van der Waals surface area contributed by atoms with Crippen LogP contribution >= 0.6 is 11.3 Å². The first-order valence-electron chi connectivity index (χ1n) is 4.21. The van der Waals surface area contributed by atoms with Crippen molar-refractivity contribution in [1.29, 1.82) is 0 Å². The van der Waals surface area contributed by atoms with Crippen LogP contribution in [0.15, 0.2) is 18.5 Å². The molecule has 0 saturated carbocycles. The van der Waals surface area contributed by atoms with Crippen LogP contribution in [0.3, 0.4) is 0 Å². The lowest BCUT2D eigenvalue weighted by Gasteiger charge is -2.07. The van der Waals surface area contributed by atoms with Crippen molar-refractivity contribution in [3.63, 3.8) is 0 Å². The fourth-order valence-corrected chi connectivity index (χ4v) is 1.92. The number of aromatic nitrogens is 1. The number of nitrogens with zero attached hydrogens (tertiary/aromatic N) is 1. The van der Waals surface area contributed by atoms with Gasteiger partial charge in [0, 0.05) is 18.1 Å². The summed E-state index contributed by atoms with van der Waals surface area (Å²) >= 11 is 1.72. The van der Waals surface area contributed by atoms with Crippen molar-refractivity contribution in [2.24, 2.45) is 0 Å². The molecule has 4 heteroatoms. The van der Waals surface area contributed by atoms with Gasteiger partial charge in [0.15, 0.2) is 0 Å². The maximum absolute atomic E-state index is 4.22. The van der Waals surface area contributed by atoms with Gasteiger partial charge in [-0.25, -0.2) is 4.98 Å². The molecule has 3 nitrogen and oxygen atoms in total. The van der Waals surface area contributed by atoms with E-state index in [1.54, 1.807) is 11.3 Å². The Morgan fingerprint density at radius 2 is 2.31 bits per heavy atom. The lowest BCUT2D eigenvalue weighted by atomic mass is 10.2. The van der Waals surface area contributed by atoms with Crippen LogP contribution in [0.1, 0.15) is 15.9 Å². The molecule has 2 N–H and O–H groups in total. The first-order chi connectivity index (χ1) is 6.27. The Hall–Kier alpha value is -0.870. The summed E-state index contributed by atoms with van der Waals surface area (Å²) < 4.78 is 0. The van der Waals surface area contributed by atoms with Crippen molar-refractivity contribution in [1.82, 2.24) is 15.6 Å². The number of hydrogen-bond acceptors (Lipinski definition) is 4. The van der Waals surface area contributed by atoms with Gasteiger partial charge in [0.05, 0.1) is 11.0 Å². The Kier molecular flexibility index (Phi) is 3.92. The predicted molar refractivity (Wildman–Crippen MR) is 56.9 cm³/mol. The Morgan fingerprint density at radius 1 is 1.54 bits per heavy atom. The van der Waals surface area contributed by atoms with Gasteiger partial charge in [0.1, 0.15) is 0 Å². The number of nitrogens with one attached hydrogen (secondary N) is 2. The molecule has 1 aromatic rings. The van der Waals surface area contributed by atoms with Gasteiger partial charge in [-0.2, -0.15) is 0 Å². The average Bonchev–Trinajstić information content (AvgIpc) is 2.54. The van der Waals surface area contributed by atoms with E-state index in [4.69, 9.17) is 0 Å². The summed E-state index contributed by atoms with van der Waals surface area (Å²) in [5, 5.41) is 7.29. The van der Waals surface area contributed by atoms with E-state index in [0.29, 0.717) is 0 Å². The molecule has 1 rings (SSSR count). The van der Waals surface area contributed by atoms with Crippen LogP contribution in [0.2, 0.25) is 0 Å². The van der Waals surface area contributed by atoms with E-state index in [0.717, 1.165) is 5.01 Å². The van der Waals surface area contributed by atoms with Crippen LogP contribution in [0.25, 0.3) is 0 Å². The smallest absolute Gasteiger partial charge is 0.0897 e. The van der Waals surface area contributed by atoms with Crippen molar-refractivity contribution < 1.29 is 0 Å². The highest BCUT2D eigenvalue weighted by atomic mass is 32.1. The minimum absolute atomic E-state index is 0.263. The van der Waals surface area contributed by atoms with Gasteiger partial charge < -0.3 is 10.6 Å². The summed E-state index contributed by atoms with van der Waals surface area (Å²) in [4.78, 5) is 5.46. The molecule has 1 atom stereocenters. The highest BCUT2D eigenvalue weighted by molar-refractivity contribution is 7.11. The monoisotopic (exact) mass is 197 g/mol. The van der Waals surface area contributed by atoms with Gasteiger partial charge in [0.2, 0.25) is 0 Å². The van der Waals surface area contributed by atoms with Crippen molar-refractivity contribution >= 4 is 11.3 Å². The van der Waals surface area contributed by atoms with Gasteiger partial charge in [-0.3, -0.25) is 0 Å². The lowest BCUT2D eigenvalue weighted by molar-refractivity contribution is 0.721. The van der Waals surface area contributed by atoms with Crippen LogP contribution in [0, 0.1) is 6.92 Å². The molecule has 0 spiro atoms. The molecule has 0 aliphatic heterocycles. The van der Waals surface area contributed by atoms with Crippen LogP contribution in [-0.2, 0) is 0 Å². The zero-order valence-electron chi connectivity index (χ0n) is 8.16. The van der Waals surface area contributed by atoms with E-state index in [2.05, 4.69) is 21.7 Å². The van der Waals surface area contributed by atoms with Crippen LogP contribution < -0.4 is 10.6 Å². The topological polar surface area (TPSA) is 37.0 Å². The SMILES string of the molecule is CN/C=C\C(NC)c1cnc(C)s1. The fraction of sp³-hybridized carbons (Fsp3) is 0.444. The van der Waals surface area contributed by atoms with Crippen LogP contribution in [-0.4, -0.2) is 19.1 Å². The summed E-state index contributed by atoms with van der Waals surface area (Å²) in [6, 6.07) is 0.263. The zero-order chi connectivity index (χ0) is 9.68. The molecule has 0 bridgehead atoms. The molecular formula is C9H15N3S. The summed E-state index contributed by atoms with van der Waals surface area (Å²) in [6.45, 7) is 2.02. The van der Waals surface area contributed by atoms with Crippen molar-refractivity contribution in [2.45, 2.75) is 13.0 Å². The summed E-state index contributed by atoms with van der Waals surface area (Å²) in [5.41, 5.74) is 0. The number of thiazole rings is 1. The van der Waals surface area contributed by atoms with E-state index < -0.39 is 0 Å². The van der Waals surface area contributed by atoms with E-state index in [-0.39, 0.29) is 6.04 Å². The largest absolute Gasteiger partial charge is 0.394 e. The Balaban J connectivity index is 2.72. The molecule has 0 aliphatic rings. The van der Waals surface area contributed by atoms with Crippen molar-refractivity contribution in [3.8, 4) is 0 Å². The summed E-state index contributed by atoms with van der Waals surface area (Å²) in [7, 11) is 3.83. The van der Waals surface area contributed by atoms with Gasteiger partial charge in [-0.15, -0.1) is 11.3 Å². The minimum atomic E-state index is 0.263. The molecule has 1 unspecified atom stereocenters. The molecule has 13 heavy (non-hydrogen) atoms. The molecule has 0 fully saturated rings. The molecule has 0 radical (unpaired) electrons. The van der Waals surface area contributed by atoms with Gasteiger partial charge in [-0.05, 0) is 26.2 Å². The quantitative estimate of drug-likeness (QED) is 0.767. The molecule has 72 valence electrons. The van der Waals surface area contributed by atoms with Crippen molar-refractivity contribution in [3.05, 3.63) is 28.4 Å². The van der Waals surface area contributed by atoms with Gasteiger partial charge in [0.25, 0.3) is 0 Å². The van der Waals surface area contributed by atoms with E-state index in [9.17, 15) is 0 Å². The summed E-state index contributed by atoms with van der Waals surface area (Å²) in [5.74, 6) is 0. The zero-order valence-corrected chi connectivity index (χ0v) is 8.98. The maximum atomic E-state index is 4.22. The second-order valence-corrected chi connectivity index (χ2v) is 3.96.